The van der Waals surface area contributed by atoms with Gasteiger partial charge in [0.15, 0.2) is 6.61 Å². The highest BCUT2D eigenvalue weighted by Crippen LogP contribution is 2.31. The van der Waals surface area contributed by atoms with Crippen LogP contribution in [0.3, 0.4) is 0 Å². The second kappa shape index (κ2) is 5.21. The molecule has 0 amide bonds. The molecule has 0 aliphatic rings. The summed E-state index contributed by atoms with van der Waals surface area (Å²) < 4.78 is 5.19. The zero-order valence-corrected chi connectivity index (χ0v) is 10.3. The van der Waals surface area contributed by atoms with Gasteiger partial charge in [-0.25, -0.2) is 4.79 Å². The molecule has 1 aromatic rings. The van der Waals surface area contributed by atoms with Crippen LogP contribution < -0.4 is 4.74 Å². The maximum absolute atomic E-state index is 10.4. The zero-order chi connectivity index (χ0) is 12.3. The van der Waals surface area contributed by atoms with Gasteiger partial charge in [0.1, 0.15) is 5.75 Å². The first-order valence-electron chi connectivity index (χ1n) is 5.06. The molecule has 0 saturated heterocycles. The van der Waals surface area contributed by atoms with Crippen LogP contribution in [-0.4, -0.2) is 17.7 Å². The fraction of sp³-hybridized carbons (Fsp3) is 0.417. The summed E-state index contributed by atoms with van der Waals surface area (Å²) in [6.07, 6.45) is 0. The molecule has 1 rings (SSSR count). The molecule has 0 fully saturated rings. The number of halogens is 1. The second-order valence-corrected chi connectivity index (χ2v) is 4.38. The number of hydrogen-bond donors (Lipinski definition) is 1. The Morgan fingerprint density at radius 3 is 2.62 bits per heavy atom. The molecule has 1 aromatic carbocycles. The van der Waals surface area contributed by atoms with Crippen molar-refractivity contribution in [3.63, 3.8) is 0 Å². The predicted molar refractivity (Wildman–Crippen MR) is 63.4 cm³/mol. The van der Waals surface area contributed by atoms with Crippen LogP contribution in [-0.2, 0) is 4.79 Å². The lowest BCUT2D eigenvalue weighted by molar-refractivity contribution is -0.139. The summed E-state index contributed by atoms with van der Waals surface area (Å²) in [4.78, 5) is 10.4. The first kappa shape index (κ1) is 12.8. The average molecular weight is 243 g/mol. The molecule has 0 aromatic heterocycles. The molecule has 0 bridgehead atoms. The minimum absolute atomic E-state index is 0.278. The second-order valence-electron chi connectivity index (χ2n) is 3.98. The van der Waals surface area contributed by atoms with Crippen molar-refractivity contribution in [3.05, 3.63) is 28.3 Å². The van der Waals surface area contributed by atoms with Crippen LogP contribution in [0.15, 0.2) is 12.1 Å². The quantitative estimate of drug-likeness (QED) is 0.882. The van der Waals surface area contributed by atoms with E-state index in [1.165, 1.54) is 0 Å². The Balaban J connectivity index is 3.00. The molecule has 3 nitrogen and oxygen atoms in total. The van der Waals surface area contributed by atoms with E-state index >= 15 is 0 Å². The van der Waals surface area contributed by atoms with Gasteiger partial charge in [-0.15, -0.1) is 0 Å². The van der Waals surface area contributed by atoms with E-state index in [-0.39, 0.29) is 12.5 Å². The van der Waals surface area contributed by atoms with Crippen molar-refractivity contribution in [3.8, 4) is 5.75 Å². The highest BCUT2D eigenvalue weighted by molar-refractivity contribution is 6.31. The number of ether oxygens (including phenoxy) is 1. The largest absolute Gasteiger partial charge is 0.482 e. The molecule has 0 aliphatic heterocycles. The minimum Gasteiger partial charge on any atom is -0.482 e. The Labute approximate surface area is 100.0 Å². The predicted octanol–water partition coefficient (Wildman–Crippen LogP) is 3.24. The van der Waals surface area contributed by atoms with Crippen molar-refractivity contribution in [2.45, 2.75) is 26.7 Å². The third-order valence-corrected chi connectivity index (χ3v) is 2.59. The third kappa shape index (κ3) is 3.14. The van der Waals surface area contributed by atoms with Gasteiger partial charge in [0.2, 0.25) is 0 Å². The Bertz CT molecular complexity index is 399. The van der Waals surface area contributed by atoms with Gasteiger partial charge in [0, 0.05) is 5.02 Å². The fourth-order valence-electron chi connectivity index (χ4n) is 1.41. The lowest BCUT2D eigenvalue weighted by Crippen LogP contribution is -2.10. The molecule has 88 valence electrons. The molecule has 0 heterocycles. The van der Waals surface area contributed by atoms with Gasteiger partial charge >= 0.3 is 5.97 Å². The van der Waals surface area contributed by atoms with E-state index in [1.54, 1.807) is 6.07 Å². The first-order valence-corrected chi connectivity index (χ1v) is 5.44. The summed E-state index contributed by atoms with van der Waals surface area (Å²) in [6, 6.07) is 3.61. The molecule has 0 radical (unpaired) electrons. The summed E-state index contributed by atoms with van der Waals surface area (Å²) in [6.45, 7) is 5.56. The van der Waals surface area contributed by atoms with Gasteiger partial charge in [-0.1, -0.05) is 25.4 Å². The van der Waals surface area contributed by atoms with E-state index in [9.17, 15) is 4.79 Å². The molecule has 0 saturated carbocycles. The lowest BCUT2D eigenvalue weighted by atomic mass is 10.0. The normalized spacial score (nSPS) is 10.6. The summed E-state index contributed by atoms with van der Waals surface area (Å²) in [5, 5.41) is 9.24. The Morgan fingerprint density at radius 2 is 2.12 bits per heavy atom. The summed E-state index contributed by atoms with van der Waals surface area (Å²) in [5.74, 6) is -0.128. The number of hydrogen-bond acceptors (Lipinski definition) is 2. The summed E-state index contributed by atoms with van der Waals surface area (Å²) in [5.41, 5.74) is 1.81. The van der Waals surface area contributed by atoms with Gasteiger partial charge in [-0.3, -0.25) is 0 Å². The Hall–Kier alpha value is -1.22. The van der Waals surface area contributed by atoms with Crippen molar-refractivity contribution < 1.29 is 14.6 Å². The molecule has 16 heavy (non-hydrogen) atoms. The molecular formula is C12H15ClO3. The maximum Gasteiger partial charge on any atom is 0.341 e. The van der Waals surface area contributed by atoms with E-state index in [1.807, 2.05) is 26.8 Å². The number of aryl methyl sites for hydroxylation is 1. The number of rotatable bonds is 4. The highest BCUT2D eigenvalue weighted by atomic mass is 35.5. The van der Waals surface area contributed by atoms with Crippen LogP contribution in [0.1, 0.15) is 30.9 Å². The molecule has 0 spiro atoms. The van der Waals surface area contributed by atoms with E-state index in [0.29, 0.717) is 10.8 Å². The van der Waals surface area contributed by atoms with Gasteiger partial charge in [-0.05, 0) is 36.1 Å². The van der Waals surface area contributed by atoms with E-state index in [2.05, 4.69) is 0 Å². The minimum atomic E-state index is -0.986. The molecule has 1 N–H and O–H groups in total. The number of carboxylic acid groups (broad SMARTS) is 1. The van der Waals surface area contributed by atoms with Gasteiger partial charge < -0.3 is 9.84 Å². The summed E-state index contributed by atoms with van der Waals surface area (Å²) >= 11 is 6.09. The maximum atomic E-state index is 10.4. The Morgan fingerprint density at radius 1 is 1.50 bits per heavy atom. The highest BCUT2D eigenvalue weighted by Gasteiger charge is 2.10. The van der Waals surface area contributed by atoms with Crippen LogP contribution in [0.4, 0.5) is 0 Å². The van der Waals surface area contributed by atoms with Crippen molar-refractivity contribution in [1.82, 2.24) is 0 Å². The standard InChI is InChI=1S/C12H15ClO3/c1-7(2)9-5-11(16-6-12(14)15)8(3)4-10(9)13/h4-5,7H,6H2,1-3H3,(H,14,15). The van der Waals surface area contributed by atoms with E-state index < -0.39 is 5.97 Å². The molecular weight excluding hydrogens is 228 g/mol. The van der Waals surface area contributed by atoms with Crippen molar-refractivity contribution >= 4 is 17.6 Å². The fourth-order valence-corrected chi connectivity index (χ4v) is 1.84. The van der Waals surface area contributed by atoms with Gasteiger partial charge in [-0.2, -0.15) is 0 Å². The zero-order valence-electron chi connectivity index (χ0n) is 9.58. The van der Waals surface area contributed by atoms with E-state index in [0.717, 1.165) is 11.1 Å². The van der Waals surface area contributed by atoms with Gasteiger partial charge in [0.05, 0.1) is 0 Å². The number of benzene rings is 1. The Kier molecular flexibility index (Phi) is 4.19. The monoisotopic (exact) mass is 242 g/mol. The SMILES string of the molecule is Cc1cc(Cl)c(C(C)C)cc1OCC(=O)O. The summed E-state index contributed by atoms with van der Waals surface area (Å²) in [7, 11) is 0. The smallest absolute Gasteiger partial charge is 0.341 e. The van der Waals surface area contributed by atoms with Crippen LogP contribution in [0, 0.1) is 6.92 Å². The molecule has 4 heteroatoms. The van der Waals surface area contributed by atoms with Crippen molar-refractivity contribution in [2.24, 2.45) is 0 Å². The van der Waals surface area contributed by atoms with Crippen molar-refractivity contribution in [2.75, 3.05) is 6.61 Å². The van der Waals surface area contributed by atoms with Gasteiger partial charge in [0.25, 0.3) is 0 Å². The van der Waals surface area contributed by atoms with Crippen molar-refractivity contribution in [1.29, 1.82) is 0 Å². The number of carbonyl (C=O) groups is 1. The third-order valence-electron chi connectivity index (χ3n) is 2.27. The van der Waals surface area contributed by atoms with E-state index in [4.69, 9.17) is 21.4 Å². The molecule has 0 unspecified atom stereocenters. The molecule has 0 aliphatic carbocycles. The van der Waals surface area contributed by atoms with Crippen LogP contribution >= 0.6 is 11.6 Å². The average Bonchev–Trinajstić information content (AvgIpc) is 2.15. The van der Waals surface area contributed by atoms with Crippen LogP contribution in [0.25, 0.3) is 0 Å². The number of carboxylic acids is 1. The topological polar surface area (TPSA) is 46.5 Å². The van der Waals surface area contributed by atoms with Crippen LogP contribution in [0.2, 0.25) is 5.02 Å². The molecule has 0 atom stereocenters. The first-order chi connectivity index (χ1) is 7.41. The number of aliphatic carboxylic acids is 1. The lowest BCUT2D eigenvalue weighted by Gasteiger charge is -2.13. The van der Waals surface area contributed by atoms with Crippen LogP contribution in [0.5, 0.6) is 5.75 Å².